The second-order valence-electron chi connectivity index (χ2n) is 4.46. The first-order chi connectivity index (χ1) is 9.03. The number of hydrogen-bond acceptors (Lipinski definition) is 6. The largest absolute Gasteiger partial charge is 0.357 e. The Morgan fingerprint density at radius 2 is 2.21 bits per heavy atom. The molecule has 1 aromatic heterocycles. The average Bonchev–Trinajstić information content (AvgIpc) is 2.43. The summed E-state index contributed by atoms with van der Waals surface area (Å²) in [6.45, 7) is 7.60. The fourth-order valence-corrected chi connectivity index (χ4v) is 1.72. The number of rotatable bonds is 7. The number of aromatic nitrogens is 2. The molecule has 1 atom stereocenters. The van der Waals surface area contributed by atoms with E-state index in [4.69, 9.17) is 0 Å². The van der Waals surface area contributed by atoms with E-state index in [1.165, 1.54) is 6.20 Å². The summed E-state index contributed by atoms with van der Waals surface area (Å²) in [5, 5.41) is 13.9. The Kier molecular flexibility index (Phi) is 5.47. The van der Waals surface area contributed by atoms with Crippen LogP contribution in [-0.4, -0.2) is 35.0 Å². The molecule has 0 saturated carbocycles. The van der Waals surface area contributed by atoms with Crippen LogP contribution in [0.5, 0.6) is 0 Å². The van der Waals surface area contributed by atoms with Gasteiger partial charge in [0.1, 0.15) is 6.20 Å². The monoisotopic (exact) mass is 267 g/mol. The van der Waals surface area contributed by atoms with Gasteiger partial charge in [0, 0.05) is 20.1 Å². The molecule has 0 aliphatic carbocycles. The van der Waals surface area contributed by atoms with Crippen molar-refractivity contribution in [3.8, 4) is 0 Å². The fourth-order valence-electron chi connectivity index (χ4n) is 1.72. The molecule has 1 aromatic rings. The SMILES string of the molecule is CCC(C)CN(CC)c1nc(NC)ncc1[N+](=O)[O-]. The lowest BCUT2D eigenvalue weighted by molar-refractivity contribution is -0.384. The van der Waals surface area contributed by atoms with E-state index < -0.39 is 4.92 Å². The summed E-state index contributed by atoms with van der Waals surface area (Å²) in [6.07, 6.45) is 2.28. The molecule has 0 radical (unpaired) electrons. The molecule has 0 saturated heterocycles. The number of nitrogens with one attached hydrogen (secondary N) is 1. The van der Waals surface area contributed by atoms with Gasteiger partial charge in [0.25, 0.3) is 0 Å². The zero-order valence-electron chi connectivity index (χ0n) is 11.9. The quantitative estimate of drug-likeness (QED) is 0.602. The molecule has 1 unspecified atom stereocenters. The summed E-state index contributed by atoms with van der Waals surface area (Å²) in [6, 6.07) is 0. The van der Waals surface area contributed by atoms with Gasteiger partial charge in [0.2, 0.25) is 11.8 Å². The minimum Gasteiger partial charge on any atom is -0.357 e. The lowest BCUT2D eigenvalue weighted by Gasteiger charge is -2.24. The van der Waals surface area contributed by atoms with Gasteiger partial charge in [-0.3, -0.25) is 10.1 Å². The molecular weight excluding hydrogens is 246 g/mol. The molecule has 7 heteroatoms. The highest BCUT2D eigenvalue weighted by molar-refractivity contribution is 5.58. The van der Waals surface area contributed by atoms with Crippen molar-refractivity contribution in [1.29, 1.82) is 0 Å². The third-order valence-corrected chi connectivity index (χ3v) is 3.08. The smallest absolute Gasteiger partial charge is 0.329 e. The van der Waals surface area contributed by atoms with E-state index in [0.29, 0.717) is 24.2 Å². The molecule has 1 N–H and O–H groups in total. The maximum atomic E-state index is 11.1. The van der Waals surface area contributed by atoms with E-state index in [1.807, 2.05) is 11.8 Å². The Morgan fingerprint density at radius 1 is 1.53 bits per heavy atom. The summed E-state index contributed by atoms with van der Waals surface area (Å²) in [7, 11) is 1.69. The second kappa shape index (κ2) is 6.86. The molecule has 0 fully saturated rings. The van der Waals surface area contributed by atoms with Gasteiger partial charge < -0.3 is 10.2 Å². The number of nitrogens with zero attached hydrogens (tertiary/aromatic N) is 4. The Hall–Kier alpha value is -1.92. The van der Waals surface area contributed by atoms with Crippen molar-refractivity contribution in [3.63, 3.8) is 0 Å². The fraction of sp³-hybridized carbons (Fsp3) is 0.667. The van der Waals surface area contributed by atoms with Crippen LogP contribution in [0.25, 0.3) is 0 Å². The van der Waals surface area contributed by atoms with Crippen LogP contribution in [0, 0.1) is 16.0 Å². The van der Waals surface area contributed by atoms with Crippen LogP contribution in [0.3, 0.4) is 0 Å². The van der Waals surface area contributed by atoms with Gasteiger partial charge in [-0.1, -0.05) is 20.3 Å². The Bertz CT molecular complexity index is 438. The predicted molar refractivity (Wildman–Crippen MR) is 75.6 cm³/mol. The standard InChI is InChI=1S/C12H21N5O2/c1-5-9(3)8-16(6-2)11-10(17(18)19)7-14-12(13-4)15-11/h7,9H,5-6,8H2,1-4H3,(H,13,14,15). The summed E-state index contributed by atoms with van der Waals surface area (Å²) >= 11 is 0. The first-order valence-corrected chi connectivity index (χ1v) is 6.47. The zero-order chi connectivity index (χ0) is 14.4. The Labute approximate surface area is 113 Å². The summed E-state index contributed by atoms with van der Waals surface area (Å²) < 4.78 is 0. The second-order valence-corrected chi connectivity index (χ2v) is 4.46. The van der Waals surface area contributed by atoms with E-state index in [1.54, 1.807) is 7.05 Å². The Morgan fingerprint density at radius 3 is 2.68 bits per heavy atom. The van der Waals surface area contributed by atoms with Gasteiger partial charge in [0.15, 0.2) is 0 Å². The van der Waals surface area contributed by atoms with Crippen molar-refractivity contribution in [3.05, 3.63) is 16.3 Å². The third-order valence-electron chi connectivity index (χ3n) is 3.08. The highest BCUT2D eigenvalue weighted by Crippen LogP contribution is 2.26. The Balaban J connectivity index is 3.15. The first kappa shape index (κ1) is 15.1. The van der Waals surface area contributed by atoms with Crippen molar-refractivity contribution >= 4 is 17.5 Å². The van der Waals surface area contributed by atoms with E-state index in [2.05, 4.69) is 29.1 Å². The van der Waals surface area contributed by atoms with Gasteiger partial charge in [-0.2, -0.15) is 4.98 Å². The average molecular weight is 267 g/mol. The van der Waals surface area contributed by atoms with Crippen molar-refractivity contribution < 1.29 is 4.92 Å². The molecule has 0 spiro atoms. The van der Waals surface area contributed by atoms with E-state index in [-0.39, 0.29) is 5.69 Å². The van der Waals surface area contributed by atoms with Crippen molar-refractivity contribution in [1.82, 2.24) is 9.97 Å². The van der Waals surface area contributed by atoms with E-state index in [9.17, 15) is 10.1 Å². The molecule has 1 heterocycles. The molecule has 0 amide bonds. The van der Waals surface area contributed by atoms with Crippen LogP contribution in [0.2, 0.25) is 0 Å². The summed E-state index contributed by atoms with van der Waals surface area (Å²) in [5.41, 5.74) is -0.0517. The van der Waals surface area contributed by atoms with Crippen molar-refractivity contribution in [2.24, 2.45) is 5.92 Å². The van der Waals surface area contributed by atoms with Crippen molar-refractivity contribution in [2.75, 3.05) is 30.4 Å². The molecule has 0 aromatic carbocycles. The third kappa shape index (κ3) is 3.77. The molecule has 0 aliphatic heterocycles. The number of anilines is 2. The van der Waals surface area contributed by atoms with Crippen LogP contribution in [0.4, 0.5) is 17.5 Å². The summed E-state index contributed by atoms with van der Waals surface area (Å²) in [5.74, 6) is 1.22. The van der Waals surface area contributed by atoms with Gasteiger partial charge in [0.05, 0.1) is 4.92 Å². The van der Waals surface area contributed by atoms with Crippen LogP contribution in [-0.2, 0) is 0 Å². The maximum Gasteiger partial charge on any atom is 0.329 e. The highest BCUT2D eigenvalue weighted by Gasteiger charge is 2.22. The number of hydrogen-bond donors (Lipinski definition) is 1. The normalized spacial score (nSPS) is 12.0. The van der Waals surface area contributed by atoms with Gasteiger partial charge in [-0.05, 0) is 12.8 Å². The molecule has 7 nitrogen and oxygen atoms in total. The predicted octanol–water partition coefficient (Wildman–Crippen LogP) is 2.30. The summed E-state index contributed by atoms with van der Waals surface area (Å²) in [4.78, 5) is 20.7. The van der Waals surface area contributed by atoms with Gasteiger partial charge in [-0.25, -0.2) is 4.98 Å². The lowest BCUT2D eigenvalue weighted by Crippen LogP contribution is -2.29. The molecule has 19 heavy (non-hydrogen) atoms. The van der Waals surface area contributed by atoms with Crippen LogP contribution in [0.15, 0.2) is 6.20 Å². The van der Waals surface area contributed by atoms with Gasteiger partial charge in [-0.15, -0.1) is 0 Å². The van der Waals surface area contributed by atoms with Crippen LogP contribution in [0.1, 0.15) is 27.2 Å². The van der Waals surface area contributed by atoms with E-state index >= 15 is 0 Å². The molecule has 1 rings (SSSR count). The minimum absolute atomic E-state index is 0.0517. The van der Waals surface area contributed by atoms with Gasteiger partial charge >= 0.3 is 5.69 Å². The number of nitro groups is 1. The minimum atomic E-state index is -0.436. The highest BCUT2D eigenvalue weighted by atomic mass is 16.6. The van der Waals surface area contributed by atoms with E-state index in [0.717, 1.165) is 13.0 Å². The topological polar surface area (TPSA) is 84.2 Å². The van der Waals surface area contributed by atoms with Crippen molar-refractivity contribution in [2.45, 2.75) is 27.2 Å². The lowest BCUT2D eigenvalue weighted by atomic mass is 10.1. The molecule has 106 valence electrons. The zero-order valence-corrected chi connectivity index (χ0v) is 11.9. The maximum absolute atomic E-state index is 11.1. The van der Waals surface area contributed by atoms with Crippen LogP contribution < -0.4 is 10.2 Å². The first-order valence-electron chi connectivity index (χ1n) is 6.47. The molecular formula is C12H21N5O2. The molecule has 0 aliphatic rings. The molecule has 0 bridgehead atoms. The van der Waals surface area contributed by atoms with Crippen LogP contribution >= 0.6 is 0 Å².